The van der Waals surface area contributed by atoms with Gasteiger partial charge in [-0.1, -0.05) is 19.1 Å². The van der Waals surface area contributed by atoms with Crippen LogP contribution < -0.4 is 10.2 Å². The van der Waals surface area contributed by atoms with Gasteiger partial charge < -0.3 is 4.74 Å². The van der Waals surface area contributed by atoms with Crippen LogP contribution in [0.2, 0.25) is 0 Å². The van der Waals surface area contributed by atoms with Gasteiger partial charge in [0, 0.05) is 13.0 Å². The second kappa shape index (κ2) is 6.34. The highest BCUT2D eigenvalue weighted by Crippen LogP contribution is 2.38. The molecule has 4 nitrogen and oxygen atoms in total. The first-order valence-electron chi connectivity index (χ1n) is 6.77. The zero-order chi connectivity index (χ0) is 15.5. The van der Waals surface area contributed by atoms with Gasteiger partial charge in [-0.25, -0.2) is 5.01 Å². The van der Waals surface area contributed by atoms with Gasteiger partial charge in [0.1, 0.15) is 11.8 Å². The summed E-state index contributed by atoms with van der Waals surface area (Å²) in [4.78, 5) is 11.1. The molecule has 21 heavy (non-hydrogen) atoms. The molecule has 0 radical (unpaired) electrons. The zero-order valence-corrected chi connectivity index (χ0v) is 11.6. The molecular formula is C14H17F3N2O2. The number of hydrogen-bond donors (Lipinski definition) is 1. The van der Waals surface area contributed by atoms with E-state index in [2.05, 4.69) is 5.43 Å². The van der Waals surface area contributed by atoms with Crippen LogP contribution in [0.15, 0.2) is 24.3 Å². The molecule has 1 aromatic carbocycles. The number of ether oxygens (including phenoxy) is 1. The summed E-state index contributed by atoms with van der Waals surface area (Å²) in [5.41, 5.74) is 2.33. The van der Waals surface area contributed by atoms with E-state index in [0.29, 0.717) is 12.4 Å². The lowest BCUT2D eigenvalue weighted by atomic mass is 10.1. The molecule has 1 aliphatic rings. The molecular weight excluding hydrogens is 285 g/mol. The number of amides is 1. The monoisotopic (exact) mass is 302 g/mol. The third-order valence-corrected chi connectivity index (χ3v) is 3.14. The molecule has 1 atom stereocenters. The normalized spacial score (nSPS) is 17.6. The van der Waals surface area contributed by atoms with Crippen molar-refractivity contribution in [3.8, 4) is 5.75 Å². The minimum Gasteiger partial charge on any atom is -0.494 e. The van der Waals surface area contributed by atoms with E-state index in [4.69, 9.17) is 4.74 Å². The van der Waals surface area contributed by atoms with E-state index < -0.39 is 18.1 Å². The smallest absolute Gasteiger partial charge is 0.409 e. The van der Waals surface area contributed by atoms with E-state index in [9.17, 15) is 18.0 Å². The number of carbonyl (C=O) groups is 1. The van der Waals surface area contributed by atoms with Gasteiger partial charge >= 0.3 is 6.18 Å². The van der Waals surface area contributed by atoms with Gasteiger partial charge in [0.2, 0.25) is 5.91 Å². The van der Waals surface area contributed by atoms with Crippen LogP contribution in [0.5, 0.6) is 5.75 Å². The Bertz CT molecular complexity index is 488. The highest BCUT2D eigenvalue weighted by Gasteiger charge is 2.46. The van der Waals surface area contributed by atoms with Gasteiger partial charge in [0.05, 0.1) is 6.61 Å². The van der Waals surface area contributed by atoms with Crippen molar-refractivity contribution in [1.82, 2.24) is 10.4 Å². The number of alkyl halides is 3. The molecule has 1 aromatic rings. The van der Waals surface area contributed by atoms with Crippen molar-refractivity contribution < 1.29 is 22.7 Å². The second-order valence-corrected chi connectivity index (χ2v) is 4.84. The van der Waals surface area contributed by atoms with Crippen molar-refractivity contribution in [2.24, 2.45) is 0 Å². The summed E-state index contributed by atoms with van der Waals surface area (Å²) < 4.78 is 45.1. The fourth-order valence-corrected chi connectivity index (χ4v) is 2.20. The fraction of sp³-hybridized carbons (Fsp3) is 0.500. The summed E-state index contributed by atoms with van der Waals surface area (Å²) in [5, 5.41) is 0.935. The maximum atomic E-state index is 13.3. The SMILES string of the molecule is CCCOc1ccc([C@H](N2CCC(=O)N2)C(F)(F)F)cc1. The predicted octanol–water partition coefficient (Wildman–Crippen LogP) is 2.82. The maximum absolute atomic E-state index is 13.3. The molecule has 1 aliphatic heterocycles. The number of nitrogens with zero attached hydrogens (tertiary/aromatic N) is 1. The van der Waals surface area contributed by atoms with Crippen LogP contribution in [-0.4, -0.2) is 30.2 Å². The Balaban J connectivity index is 2.19. The first-order valence-corrected chi connectivity index (χ1v) is 6.77. The standard InChI is InChI=1S/C14H17F3N2O2/c1-2-9-21-11-5-3-10(4-6-11)13(14(15,16)17)19-8-7-12(20)18-19/h3-6,13H,2,7-9H2,1H3,(H,18,20)/t13-/m0/s1. The van der Waals surface area contributed by atoms with Crippen LogP contribution in [0, 0.1) is 0 Å². The van der Waals surface area contributed by atoms with E-state index >= 15 is 0 Å². The summed E-state index contributed by atoms with van der Waals surface area (Å²) >= 11 is 0. The van der Waals surface area contributed by atoms with Gasteiger partial charge in [0.25, 0.3) is 0 Å². The van der Waals surface area contributed by atoms with Crippen molar-refractivity contribution in [1.29, 1.82) is 0 Å². The summed E-state index contributed by atoms with van der Waals surface area (Å²) in [7, 11) is 0. The van der Waals surface area contributed by atoms with Crippen molar-refractivity contribution in [2.75, 3.05) is 13.2 Å². The molecule has 1 amide bonds. The number of rotatable bonds is 5. The molecule has 0 saturated carbocycles. The summed E-state index contributed by atoms with van der Waals surface area (Å²) in [5.74, 6) is 0.138. The molecule has 0 unspecified atom stereocenters. The number of hydrazine groups is 1. The number of hydrogen-bond acceptors (Lipinski definition) is 3. The third-order valence-electron chi connectivity index (χ3n) is 3.14. The highest BCUT2D eigenvalue weighted by molar-refractivity contribution is 5.77. The Morgan fingerprint density at radius 2 is 2.00 bits per heavy atom. The Kier molecular flexibility index (Phi) is 4.72. The number of nitrogens with one attached hydrogen (secondary N) is 1. The van der Waals surface area contributed by atoms with Crippen LogP contribution in [0.25, 0.3) is 0 Å². The van der Waals surface area contributed by atoms with Crippen LogP contribution >= 0.6 is 0 Å². The Morgan fingerprint density at radius 1 is 1.33 bits per heavy atom. The summed E-state index contributed by atoms with van der Waals surface area (Å²) in [6.07, 6.45) is -3.57. The van der Waals surface area contributed by atoms with Crippen molar-refractivity contribution >= 4 is 5.91 Å². The lowest BCUT2D eigenvalue weighted by Crippen LogP contribution is -2.43. The third kappa shape index (κ3) is 3.87. The average molecular weight is 302 g/mol. The first kappa shape index (κ1) is 15.6. The summed E-state index contributed by atoms with van der Waals surface area (Å²) in [6.45, 7) is 2.51. The molecule has 0 spiro atoms. The van der Waals surface area contributed by atoms with Crippen LogP contribution in [-0.2, 0) is 4.79 Å². The van der Waals surface area contributed by atoms with E-state index in [1.807, 2.05) is 6.92 Å². The number of halogens is 3. The van der Waals surface area contributed by atoms with Gasteiger partial charge in [-0.15, -0.1) is 0 Å². The van der Waals surface area contributed by atoms with Gasteiger partial charge in [-0.3, -0.25) is 10.2 Å². The number of carbonyl (C=O) groups excluding carboxylic acids is 1. The molecule has 1 N–H and O–H groups in total. The van der Waals surface area contributed by atoms with Crippen LogP contribution in [0.3, 0.4) is 0 Å². The molecule has 1 heterocycles. The Labute approximate surface area is 120 Å². The first-order chi connectivity index (χ1) is 9.91. The quantitative estimate of drug-likeness (QED) is 0.909. The average Bonchev–Trinajstić information content (AvgIpc) is 2.82. The van der Waals surface area contributed by atoms with E-state index in [1.54, 1.807) is 0 Å². The minimum atomic E-state index is -4.47. The zero-order valence-electron chi connectivity index (χ0n) is 11.6. The second-order valence-electron chi connectivity index (χ2n) is 4.84. The van der Waals surface area contributed by atoms with E-state index in [1.165, 1.54) is 24.3 Å². The van der Waals surface area contributed by atoms with Crippen molar-refractivity contribution in [3.05, 3.63) is 29.8 Å². The largest absolute Gasteiger partial charge is 0.494 e. The van der Waals surface area contributed by atoms with Crippen molar-refractivity contribution in [3.63, 3.8) is 0 Å². The molecule has 2 rings (SSSR count). The number of benzene rings is 1. The highest BCUT2D eigenvalue weighted by atomic mass is 19.4. The molecule has 0 aromatic heterocycles. The van der Waals surface area contributed by atoms with Gasteiger partial charge in [-0.05, 0) is 24.1 Å². The predicted molar refractivity (Wildman–Crippen MR) is 70.5 cm³/mol. The molecule has 1 fully saturated rings. The Hall–Kier alpha value is -1.76. The molecule has 0 bridgehead atoms. The van der Waals surface area contributed by atoms with E-state index in [-0.39, 0.29) is 18.5 Å². The topological polar surface area (TPSA) is 41.6 Å². The van der Waals surface area contributed by atoms with Gasteiger partial charge in [-0.2, -0.15) is 13.2 Å². The Morgan fingerprint density at radius 3 is 2.48 bits per heavy atom. The van der Waals surface area contributed by atoms with Crippen LogP contribution in [0.1, 0.15) is 31.4 Å². The molecule has 1 saturated heterocycles. The summed E-state index contributed by atoms with van der Waals surface area (Å²) in [6, 6.07) is 3.95. The maximum Gasteiger partial charge on any atom is 0.409 e. The molecule has 116 valence electrons. The lowest BCUT2D eigenvalue weighted by Gasteiger charge is -2.29. The van der Waals surface area contributed by atoms with E-state index in [0.717, 1.165) is 11.4 Å². The molecule has 7 heteroatoms. The van der Waals surface area contributed by atoms with Crippen LogP contribution in [0.4, 0.5) is 13.2 Å². The minimum absolute atomic E-state index is 0.0388. The lowest BCUT2D eigenvalue weighted by molar-refractivity contribution is -0.191. The van der Waals surface area contributed by atoms with Gasteiger partial charge in [0.15, 0.2) is 0 Å². The fourth-order valence-electron chi connectivity index (χ4n) is 2.20. The molecule has 0 aliphatic carbocycles. The van der Waals surface area contributed by atoms with Crippen molar-refractivity contribution in [2.45, 2.75) is 32.0 Å².